The molecule has 8 heteroatoms. The number of carbonyl (C=O) groups is 1. The van der Waals surface area contributed by atoms with Gasteiger partial charge in [0.1, 0.15) is 11.4 Å². The fraction of sp³-hybridized carbons (Fsp3) is 0.600. The molecule has 0 aromatic heterocycles. The van der Waals surface area contributed by atoms with E-state index in [-0.39, 0.29) is 36.1 Å². The topological polar surface area (TPSA) is 66.4 Å². The van der Waals surface area contributed by atoms with Gasteiger partial charge in [-0.05, 0) is 51.0 Å². The molecule has 2 aliphatic rings. The van der Waals surface area contributed by atoms with E-state index in [0.717, 1.165) is 23.8 Å². The van der Waals surface area contributed by atoms with Gasteiger partial charge in [-0.1, -0.05) is 6.07 Å². The first kappa shape index (κ1) is 22.6. The maximum absolute atomic E-state index is 12.3. The SMILES string of the molecule is COc1cc(C)cc(CNC2=NCC3CN(C(=O)OC(C)(C)C)CCN23)c1.I. The molecule has 0 bridgehead atoms. The molecule has 3 rings (SSSR count). The van der Waals surface area contributed by atoms with E-state index in [9.17, 15) is 4.79 Å². The highest BCUT2D eigenvalue weighted by Gasteiger charge is 2.36. The Kier molecular flexibility index (Phi) is 7.41. The number of nitrogens with one attached hydrogen (secondary N) is 1. The highest BCUT2D eigenvalue weighted by molar-refractivity contribution is 14.0. The van der Waals surface area contributed by atoms with E-state index in [4.69, 9.17) is 9.47 Å². The summed E-state index contributed by atoms with van der Waals surface area (Å²) in [5.74, 6) is 1.77. The number of benzene rings is 1. The zero-order valence-electron chi connectivity index (χ0n) is 17.3. The molecular weight excluding hydrogens is 471 g/mol. The first-order valence-electron chi connectivity index (χ1n) is 9.42. The number of piperazine rings is 1. The van der Waals surface area contributed by atoms with Gasteiger partial charge in [-0.3, -0.25) is 4.99 Å². The monoisotopic (exact) mass is 502 g/mol. The standard InChI is InChI=1S/C20H30N4O3.HI/c1-14-8-15(10-17(9-14)26-5)11-21-18-22-12-16-13-23(6-7-24(16)18)19(25)27-20(2,3)4;/h8-10,16H,6-7,11-13H2,1-5H3,(H,21,22);1H. The van der Waals surface area contributed by atoms with Crippen LogP contribution in [0, 0.1) is 6.92 Å². The molecule has 1 N–H and O–H groups in total. The molecule has 1 atom stereocenters. The number of hydrogen-bond donors (Lipinski definition) is 1. The molecule has 0 radical (unpaired) electrons. The van der Waals surface area contributed by atoms with Gasteiger partial charge in [0.2, 0.25) is 0 Å². The number of amides is 1. The highest BCUT2D eigenvalue weighted by Crippen LogP contribution is 2.20. The Morgan fingerprint density at radius 3 is 2.71 bits per heavy atom. The quantitative estimate of drug-likeness (QED) is 0.644. The average molecular weight is 502 g/mol. The third-order valence-electron chi connectivity index (χ3n) is 4.66. The summed E-state index contributed by atoms with van der Waals surface area (Å²) in [4.78, 5) is 21.0. The second kappa shape index (κ2) is 9.19. The van der Waals surface area contributed by atoms with Crippen molar-refractivity contribution in [3.8, 4) is 5.75 Å². The molecule has 0 aliphatic carbocycles. The van der Waals surface area contributed by atoms with Gasteiger partial charge in [0, 0.05) is 26.2 Å². The van der Waals surface area contributed by atoms with Crippen LogP contribution in [0.4, 0.5) is 4.79 Å². The number of carbonyl (C=O) groups excluding carboxylic acids is 1. The Morgan fingerprint density at radius 1 is 1.29 bits per heavy atom. The summed E-state index contributed by atoms with van der Waals surface area (Å²) in [5.41, 5.74) is 1.86. The number of aliphatic imine (C=N–C) groups is 1. The van der Waals surface area contributed by atoms with Gasteiger partial charge in [0.15, 0.2) is 5.96 Å². The molecule has 1 aromatic rings. The highest BCUT2D eigenvalue weighted by atomic mass is 127. The first-order chi connectivity index (χ1) is 12.7. The molecule has 2 heterocycles. The van der Waals surface area contributed by atoms with Crippen molar-refractivity contribution in [3.05, 3.63) is 29.3 Å². The summed E-state index contributed by atoms with van der Waals surface area (Å²) in [6.45, 7) is 11.2. The number of guanidine groups is 1. The summed E-state index contributed by atoms with van der Waals surface area (Å²) in [6.07, 6.45) is -0.240. The second-order valence-electron chi connectivity index (χ2n) is 8.15. The van der Waals surface area contributed by atoms with Crippen molar-refractivity contribution in [1.82, 2.24) is 15.1 Å². The van der Waals surface area contributed by atoms with Crippen molar-refractivity contribution in [3.63, 3.8) is 0 Å². The summed E-state index contributed by atoms with van der Waals surface area (Å²) < 4.78 is 10.8. The lowest BCUT2D eigenvalue weighted by atomic mass is 10.1. The van der Waals surface area contributed by atoms with Crippen LogP contribution in [-0.2, 0) is 11.3 Å². The lowest BCUT2D eigenvalue weighted by Gasteiger charge is -2.39. The Bertz CT molecular complexity index is 733. The third-order valence-corrected chi connectivity index (χ3v) is 4.66. The number of hydrogen-bond acceptors (Lipinski definition) is 6. The van der Waals surface area contributed by atoms with Crippen LogP contribution in [0.5, 0.6) is 5.75 Å². The van der Waals surface area contributed by atoms with Gasteiger partial charge >= 0.3 is 6.09 Å². The van der Waals surface area contributed by atoms with Gasteiger partial charge in [-0.15, -0.1) is 24.0 Å². The zero-order chi connectivity index (χ0) is 19.6. The Morgan fingerprint density at radius 2 is 2.04 bits per heavy atom. The van der Waals surface area contributed by atoms with Crippen LogP contribution in [0.3, 0.4) is 0 Å². The fourth-order valence-electron chi connectivity index (χ4n) is 3.45. The van der Waals surface area contributed by atoms with E-state index in [1.807, 2.05) is 32.9 Å². The van der Waals surface area contributed by atoms with Gasteiger partial charge in [0.25, 0.3) is 0 Å². The fourth-order valence-corrected chi connectivity index (χ4v) is 3.45. The number of ether oxygens (including phenoxy) is 2. The number of methoxy groups -OCH3 is 1. The molecule has 0 spiro atoms. The van der Waals surface area contributed by atoms with Crippen LogP contribution in [0.25, 0.3) is 0 Å². The minimum absolute atomic E-state index is 0. The van der Waals surface area contributed by atoms with Crippen LogP contribution >= 0.6 is 24.0 Å². The van der Waals surface area contributed by atoms with E-state index < -0.39 is 5.60 Å². The number of nitrogens with zero attached hydrogens (tertiary/aromatic N) is 3. The van der Waals surface area contributed by atoms with E-state index in [0.29, 0.717) is 26.2 Å². The van der Waals surface area contributed by atoms with Crippen molar-refractivity contribution >= 4 is 36.0 Å². The van der Waals surface area contributed by atoms with Crippen LogP contribution in [0.2, 0.25) is 0 Å². The molecule has 7 nitrogen and oxygen atoms in total. The van der Waals surface area contributed by atoms with Crippen molar-refractivity contribution < 1.29 is 14.3 Å². The zero-order valence-corrected chi connectivity index (χ0v) is 19.6. The normalized spacial score (nSPS) is 18.8. The van der Waals surface area contributed by atoms with E-state index >= 15 is 0 Å². The number of fused-ring (bicyclic) bond motifs is 1. The van der Waals surface area contributed by atoms with Gasteiger partial charge in [-0.25, -0.2) is 4.79 Å². The molecule has 1 unspecified atom stereocenters. The number of rotatable bonds is 3. The van der Waals surface area contributed by atoms with Crippen molar-refractivity contribution in [1.29, 1.82) is 0 Å². The Balaban J connectivity index is 0.00000280. The average Bonchev–Trinajstić information content (AvgIpc) is 3.00. The van der Waals surface area contributed by atoms with E-state index in [2.05, 4.69) is 28.2 Å². The molecule has 1 saturated heterocycles. The Labute approximate surface area is 184 Å². The van der Waals surface area contributed by atoms with Crippen LogP contribution in [0.1, 0.15) is 31.9 Å². The molecule has 2 aliphatic heterocycles. The molecule has 0 saturated carbocycles. The summed E-state index contributed by atoms with van der Waals surface area (Å²) in [5, 5.41) is 3.44. The molecular formula is C20H31IN4O3. The molecule has 1 fully saturated rings. The maximum atomic E-state index is 12.3. The van der Waals surface area contributed by atoms with Gasteiger partial charge in [0.05, 0.1) is 19.7 Å². The number of aryl methyl sites for hydroxylation is 1. The van der Waals surface area contributed by atoms with Crippen LogP contribution < -0.4 is 10.1 Å². The van der Waals surface area contributed by atoms with Crippen molar-refractivity contribution in [2.24, 2.45) is 4.99 Å². The van der Waals surface area contributed by atoms with Gasteiger partial charge < -0.3 is 24.6 Å². The maximum Gasteiger partial charge on any atom is 0.410 e. The van der Waals surface area contributed by atoms with Gasteiger partial charge in [-0.2, -0.15) is 0 Å². The predicted octanol–water partition coefficient (Wildman–Crippen LogP) is 3.00. The van der Waals surface area contributed by atoms with Crippen LogP contribution in [-0.4, -0.2) is 66.8 Å². The van der Waals surface area contributed by atoms with E-state index in [1.165, 1.54) is 5.56 Å². The molecule has 28 heavy (non-hydrogen) atoms. The third kappa shape index (κ3) is 5.65. The summed E-state index contributed by atoms with van der Waals surface area (Å²) >= 11 is 0. The lowest BCUT2D eigenvalue weighted by Crippen LogP contribution is -2.57. The molecule has 1 aromatic carbocycles. The summed E-state index contributed by atoms with van der Waals surface area (Å²) in [6, 6.07) is 6.40. The lowest BCUT2D eigenvalue weighted by molar-refractivity contribution is 0.0137. The molecule has 1 amide bonds. The number of halogens is 1. The summed E-state index contributed by atoms with van der Waals surface area (Å²) in [7, 11) is 1.68. The predicted molar refractivity (Wildman–Crippen MR) is 121 cm³/mol. The minimum atomic E-state index is -0.470. The smallest absolute Gasteiger partial charge is 0.410 e. The first-order valence-corrected chi connectivity index (χ1v) is 9.42. The largest absolute Gasteiger partial charge is 0.497 e. The Hall–Kier alpha value is -1.71. The van der Waals surface area contributed by atoms with Crippen molar-refractivity contribution in [2.75, 3.05) is 33.3 Å². The minimum Gasteiger partial charge on any atom is -0.497 e. The molecule has 156 valence electrons. The van der Waals surface area contributed by atoms with Crippen LogP contribution in [0.15, 0.2) is 23.2 Å². The second-order valence-corrected chi connectivity index (χ2v) is 8.15. The van der Waals surface area contributed by atoms with E-state index in [1.54, 1.807) is 12.0 Å². The van der Waals surface area contributed by atoms with Crippen molar-refractivity contribution in [2.45, 2.75) is 45.9 Å².